The Labute approximate surface area is 185 Å². The van der Waals surface area contributed by atoms with Crippen LogP contribution in [-0.4, -0.2) is 77.4 Å². The SMILES string of the molecule is COc1ccc(Cn2ccnc2CN(CCN2CCOCC2)C(=O)NC(C)(C)C)cc1. The van der Waals surface area contributed by atoms with E-state index in [1.54, 1.807) is 13.3 Å². The van der Waals surface area contributed by atoms with Crippen LogP contribution in [0.4, 0.5) is 4.79 Å². The van der Waals surface area contributed by atoms with E-state index >= 15 is 0 Å². The van der Waals surface area contributed by atoms with E-state index in [4.69, 9.17) is 9.47 Å². The van der Waals surface area contributed by atoms with Crippen LogP contribution >= 0.6 is 0 Å². The molecule has 1 aromatic heterocycles. The molecule has 2 aromatic rings. The Morgan fingerprint density at radius 2 is 1.94 bits per heavy atom. The van der Waals surface area contributed by atoms with Crippen molar-refractivity contribution in [3.63, 3.8) is 0 Å². The van der Waals surface area contributed by atoms with Gasteiger partial charge in [-0.2, -0.15) is 0 Å². The molecule has 0 aliphatic carbocycles. The van der Waals surface area contributed by atoms with Crippen LogP contribution < -0.4 is 10.1 Å². The van der Waals surface area contributed by atoms with Gasteiger partial charge in [-0.25, -0.2) is 9.78 Å². The molecule has 1 fully saturated rings. The Balaban J connectivity index is 1.69. The molecule has 0 bridgehead atoms. The number of morpholine rings is 1. The predicted molar refractivity (Wildman–Crippen MR) is 120 cm³/mol. The zero-order chi connectivity index (χ0) is 22.3. The van der Waals surface area contributed by atoms with Gasteiger partial charge >= 0.3 is 6.03 Å². The minimum absolute atomic E-state index is 0.0697. The molecule has 3 rings (SSSR count). The summed E-state index contributed by atoms with van der Waals surface area (Å²) < 4.78 is 12.8. The molecular formula is C23H35N5O3. The normalized spacial score (nSPS) is 15.0. The van der Waals surface area contributed by atoms with Crippen LogP contribution in [0.3, 0.4) is 0 Å². The Morgan fingerprint density at radius 3 is 2.58 bits per heavy atom. The molecule has 0 radical (unpaired) electrons. The quantitative estimate of drug-likeness (QED) is 0.698. The standard InChI is InChI=1S/C23H35N5O3/c1-23(2,3)25-22(29)28(12-11-26-13-15-31-16-14-26)18-21-24-9-10-27(21)17-19-5-7-20(30-4)8-6-19/h5-10H,11-18H2,1-4H3,(H,25,29). The van der Waals surface area contributed by atoms with E-state index in [9.17, 15) is 4.79 Å². The molecule has 0 atom stereocenters. The highest BCUT2D eigenvalue weighted by Crippen LogP contribution is 2.14. The van der Waals surface area contributed by atoms with Crippen molar-refractivity contribution in [2.24, 2.45) is 0 Å². The highest BCUT2D eigenvalue weighted by molar-refractivity contribution is 5.74. The van der Waals surface area contributed by atoms with Crippen molar-refractivity contribution in [3.8, 4) is 5.75 Å². The van der Waals surface area contributed by atoms with Gasteiger partial charge < -0.3 is 24.3 Å². The second-order valence-electron chi connectivity index (χ2n) is 8.88. The van der Waals surface area contributed by atoms with Crippen LogP contribution in [0.15, 0.2) is 36.7 Å². The first-order chi connectivity index (χ1) is 14.8. The van der Waals surface area contributed by atoms with E-state index in [2.05, 4.69) is 19.8 Å². The third-order valence-corrected chi connectivity index (χ3v) is 5.20. The lowest BCUT2D eigenvalue weighted by Crippen LogP contribution is -2.50. The molecule has 1 aliphatic heterocycles. The first kappa shape index (κ1) is 23.1. The van der Waals surface area contributed by atoms with Crippen molar-refractivity contribution in [2.45, 2.75) is 39.4 Å². The number of nitrogens with one attached hydrogen (secondary N) is 1. The van der Waals surface area contributed by atoms with Crippen LogP contribution in [0.1, 0.15) is 32.2 Å². The van der Waals surface area contributed by atoms with Crippen molar-refractivity contribution in [2.75, 3.05) is 46.5 Å². The molecule has 1 aliphatic rings. The summed E-state index contributed by atoms with van der Waals surface area (Å²) in [5.74, 6) is 1.70. The summed E-state index contributed by atoms with van der Waals surface area (Å²) in [6.07, 6.45) is 3.75. The van der Waals surface area contributed by atoms with Gasteiger partial charge in [0.15, 0.2) is 0 Å². The molecule has 0 spiro atoms. The summed E-state index contributed by atoms with van der Waals surface area (Å²) in [6, 6.07) is 7.94. The average Bonchev–Trinajstić information content (AvgIpc) is 3.17. The van der Waals surface area contributed by atoms with E-state index < -0.39 is 0 Å². The van der Waals surface area contributed by atoms with Crippen molar-refractivity contribution in [1.82, 2.24) is 24.7 Å². The first-order valence-corrected chi connectivity index (χ1v) is 10.8. The summed E-state index contributed by atoms with van der Waals surface area (Å²) in [7, 11) is 1.66. The highest BCUT2D eigenvalue weighted by atomic mass is 16.5. The molecule has 170 valence electrons. The number of amides is 2. The summed E-state index contributed by atoms with van der Waals surface area (Å²) in [4.78, 5) is 21.8. The van der Waals surface area contributed by atoms with E-state index in [1.807, 2.05) is 56.1 Å². The second kappa shape index (κ2) is 10.6. The maximum atomic E-state index is 13.0. The molecule has 8 nitrogen and oxygen atoms in total. The van der Waals surface area contributed by atoms with Gasteiger partial charge in [-0.15, -0.1) is 0 Å². The fourth-order valence-corrected chi connectivity index (χ4v) is 3.47. The molecule has 0 unspecified atom stereocenters. The number of hydrogen-bond acceptors (Lipinski definition) is 5. The number of imidazole rings is 1. The number of benzene rings is 1. The Hall–Kier alpha value is -2.58. The fraction of sp³-hybridized carbons (Fsp3) is 0.565. The third-order valence-electron chi connectivity index (χ3n) is 5.20. The Kier molecular flexibility index (Phi) is 7.92. The highest BCUT2D eigenvalue weighted by Gasteiger charge is 2.22. The molecule has 1 N–H and O–H groups in total. The molecular weight excluding hydrogens is 394 g/mol. The van der Waals surface area contributed by atoms with Gasteiger partial charge in [-0.1, -0.05) is 12.1 Å². The lowest BCUT2D eigenvalue weighted by atomic mass is 10.1. The van der Waals surface area contributed by atoms with E-state index in [0.717, 1.165) is 50.0 Å². The predicted octanol–water partition coefficient (Wildman–Crippen LogP) is 2.58. The number of rotatable bonds is 8. The van der Waals surface area contributed by atoms with Crippen LogP contribution in [0.5, 0.6) is 5.75 Å². The van der Waals surface area contributed by atoms with Crippen LogP contribution in [0.25, 0.3) is 0 Å². The number of carbonyl (C=O) groups is 1. The molecule has 2 heterocycles. The Morgan fingerprint density at radius 1 is 1.23 bits per heavy atom. The Bertz CT molecular complexity index is 822. The van der Waals surface area contributed by atoms with E-state index in [1.165, 1.54) is 0 Å². The van der Waals surface area contributed by atoms with Gasteiger partial charge in [-0.3, -0.25) is 4.90 Å². The maximum Gasteiger partial charge on any atom is 0.318 e. The fourth-order valence-electron chi connectivity index (χ4n) is 3.47. The number of ether oxygens (including phenoxy) is 2. The van der Waals surface area contributed by atoms with Gasteiger partial charge in [0.1, 0.15) is 11.6 Å². The minimum atomic E-state index is -0.299. The van der Waals surface area contributed by atoms with Gasteiger partial charge in [0, 0.05) is 50.7 Å². The molecule has 31 heavy (non-hydrogen) atoms. The number of urea groups is 1. The van der Waals surface area contributed by atoms with Crippen molar-refractivity contribution >= 4 is 6.03 Å². The molecule has 8 heteroatoms. The van der Waals surface area contributed by atoms with Crippen molar-refractivity contribution in [3.05, 3.63) is 48.0 Å². The van der Waals surface area contributed by atoms with Gasteiger partial charge in [-0.05, 0) is 38.5 Å². The zero-order valence-corrected chi connectivity index (χ0v) is 19.1. The van der Waals surface area contributed by atoms with Gasteiger partial charge in [0.25, 0.3) is 0 Å². The summed E-state index contributed by atoms with van der Waals surface area (Å²) in [5.41, 5.74) is 0.853. The minimum Gasteiger partial charge on any atom is -0.497 e. The lowest BCUT2D eigenvalue weighted by molar-refractivity contribution is 0.0344. The van der Waals surface area contributed by atoms with Gasteiger partial charge in [0.05, 0.1) is 26.9 Å². The number of carbonyl (C=O) groups excluding carboxylic acids is 1. The molecule has 1 saturated heterocycles. The molecule has 1 aromatic carbocycles. The number of hydrogen-bond donors (Lipinski definition) is 1. The topological polar surface area (TPSA) is 71.9 Å². The summed E-state index contributed by atoms with van der Waals surface area (Å²) in [5, 5.41) is 3.09. The summed E-state index contributed by atoms with van der Waals surface area (Å²) in [6.45, 7) is 11.9. The molecule has 0 saturated carbocycles. The summed E-state index contributed by atoms with van der Waals surface area (Å²) >= 11 is 0. The van der Waals surface area contributed by atoms with E-state index in [0.29, 0.717) is 19.6 Å². The largest absolute Gasteiger partial charge is 0.497 e. The van der Waals surface area contributed by atoms with Crippen molar-refractivity contribution < 1.29 is 14.3 Å². The maximum absolute atomic E-state index is 13.0. The number of nitrogens with zero attached hydrogens (tertiary/aromatic N) is 4. The first-order valence-electron chi connectivity index (χ1n) is 10.8. The number of aromatic nitrogens is 2. The number of methoxy groups -OCH3 is 1. The van der Waals surface area contributed by atoms with Crippen LogP contribution in [0, 0.1) is 0 Å². The average molecular weight is 430 g/mol. The molecule has 2 amide bonds. The van der Waals surface area contributed by atoms with Crippen LogP contribution in [0.2, 0.25) is 0 Å². The third kappa shape index (κ3) is 7.25. The van der Waals surface area contributed by atoms with Crippen LogP contribution in [-0.2, 0) is 17.8 Å². The van der Waals surface area contributed by atoms with Gasteiger partial charge in [0.2, 0.25) is 0 Å². The van der Waals surface area contributed by atoms with Crippen molar-refractivity contribution in [1.29, 1.82) is 0 Å². The smallest absolute Gasteiger partial charge is 0.318 e. The monoisotopic (exact) mass is 429 g/mol. The second-order valence-corrected chi connectivity index (χ2v) is 8.88. The lowest BCUT2D eigenvalue weighted by Gasteiger charge is -2.32. The van der Waals surface area contributed by atoms with E-state index in [-0.39, 0.29) is 11.6 Å². The zero-order valence-electron chi connectivity index (χ0n) is 19.1.